The zero-order chi connectivity index (χ0) is 32.6. The van der Waals surface area contributed by atoms with E-state index in [9.17, 15) is 34.4 Å². The van der Waals surface area contributed by atoms with Crippen LogP contribution in [0.1, 0.15) is 30.0 Å². The van der Waals surface area contributed by atoms with Crippen molar-refractivity contribution in [3.63, 3.8) is 0 Å². The minimum absolute atomic E-state index is 0.0543. The van der Waals surface area contributed by atoms with E-state index >= 15 is 0 Å². The standard InChI is InChI=1S/C30H30N6O8S/c1-30(21-13-11-19(12-14-21)17-31-27(45)32-22-9-5-6-10-24(22)36(42)43)26(39)35(28(40)34-30)16-15-23(25(37)38)33-29(41)44-18-20-7-3-2-4-8-20/h2-14,23H,15-18H2,1H3,(H,33,41)(H,34,40)(H,37,38)(H2,31,32,45). The normalized spacial score (nSPS) is 16.3. The number of carboxylic acid groups (broad SMARTS) is 1. The highest BCUT2D eigenvalue weighted by molar-refractivity contribution is 7.80. The average Bonchev–Trinajstić information content (AvgIpc) is 3.25. The van der Waals surface area contributed by atoms with Crippen LogP contribution >= 0.6 is 12.2 Å². The first-order valence-corrected chi connectivity index (χ1v) is 14.1. The number of hydrogen-bond donors (Lipinski definition) is 5. The molecule has 5 N–H and O–H groups in total. The number of nitrogens with one attached hydrogen (secondary N) is 4. The van der Waals surface area contributed by atoms with Crippen LogP contribution in [-0.4, -0.2) is 56.6 Å². The first-order valence-electron chi connectivity index (χ1n) is 13.7. The summed E-state index contributed by atoms with van der Waals surface area (Å²) in [5.74, 6) is -1.92. The van der Waals surface area contributed by atoms with E-state index in [1.54, 1.807) is 73.7 Å². The lowest BCUT2D eigenvalue weighted by Crippen LogP contribution is -2.44. The predicted octanol–water partition coefficient (Wildman–Crippen LogP) is 3.62. The molecular formula is C30H30N6O8S. The van der Waals surface area contributed by atoms with Crippen molar-refractivity contribution in [2.45, 2.75) is 38.1 Å². The van der Waals surface area contributed by atoms with E-state index in [-0.39, 0.29) is 42.6 Å². The third-order valence-electron chi connectivity index (χ3n) is 7.05. The van der Waals surface area contributed by atoms with Crippen molar-refractivity contribution in [2.24, 2.45) is 0 Å². The van der Waals surface area contributed by atoms with Crippen LogP contribution in [0.2, 0.25) is 0 Å². The Balaban J connectivity index is 1.31. The SMILES string of the molecule is CC1(c2ccc(CNC(=S)Nc3ccccc3[N+](=O)[O-])cc2)NC(=O)N(CCC(NC(=O)OCc2ccccc2)C(=O)O)C1=O. The summed E-state index contributed by atoms with van der Waals surface area (Å²) in [7, 11) is 0. The Morgan fingerprint density at radius 3 is 2.38 bits per heavy atom. The summed E-state index contributed by atoms with van der Waals surface area (Å²) in [6.45, 7) is 1.50. The number of urea groups is 1. The summed E-state index contributed by atoms with van der Waals surface area (Å²) in [4.78, 5) is 61.7. The molecule has 1 saturated heterocycles. The molecule has 14 nitrogen and oxygen atoms in total. The quantitative estimate of drug-likeness (QED) is 0.0846. The second kappa shape index (κ2) is 14.3. The number of nitro benzene ring substituents is 1. The third kappa shape index (κ3) is 8.08. The molecule has 0 radical (unpaired) electrons. The fourth-order valence-electron chi connectivity index (χ4n) is 4.56. The molecule has 1 heterocycles. The van der Waals surface area contributed by atoms with E-state index < -0.39 is 40.5 Å². The van der Waals surface area contributed by atoms with E-state index in [2.05, 4.69) is 21.3 Å². The van der Waals surface area contributed by atoms with Gasteiger partial charge in [-0.25, -0.2) is 14.4 Å². The number of thiocarbonyl (C=S) groups is 1. The number of carboxylic acids is 1. The monoisotopic (exact) mass is 634 g/mol. The second-order valence-corrected chi connectivity index (χ2v) is 10.6. The van der Waals surface area contributed by atoms with Gasteiger partial charge in [-0.2, -0.15) is 0 Å². The number of benzene rings is 3. The molecule has 2 atom stereocenters. The number of para-hydroxylation sites is 2. The van der Waals surface area contributed by atoms with Crippen molar-refractivity contribution in [1.82, 2.24) is 20.9 Å². The van der Waals surface area contributed by atoms with Crippen molar-refractivity contribution < 1.29 is 33.9 Å². The van der Waals surface area contributed by atoms with Gasteiger partial charge < -0.3 is 31.1 Å². The van der Waals surface area contributed by atoms with Crippen LogP contribution < -0.4 is 21.3 Å². The number of imide groups is 1. The van der Waals surface area contributed by atoms with E-state index in [1.807, 2.05) is 0 Å². The Bertz CT molecular complexity index is 1600. The Morgan fingerprint density at radius 2 is 1.71 bits per heavy atom. The molecule has 0 aromatic heterocycles. The Morgan fingerprint density at radius 1 is 1.04 bits per heavy atom. The molecule has 0 bridgehead atoms. The van der Waals surface area contributed by atoms with Crippen LogP contribution in [0, 0.1) is 10.1 Å². The van der Waals surface area contributed by atoms with Gasteiger partial charge in [-0.05, 0) is 48.3 Å². The first-order chi connectivity index (χ1) is 21.5. The van der Waals surface area contributed by atoms with Crippen molar-refractivity contribution in [3.8, 4) is 0 Å². The fourth-order valence-corrected chi connectivity index (χ4v) is 4.74. The van der Waals surface area contributed by atoms with Gasteiger partial charge in [0.15, 0.2) is 5.11 Å². The molecule has 234 valence electrons. The van der Waals surface area contributed by atoms with E-state index in [0.29, 0.717) is 5.56 Å². The highest BCUT2D eigenvalue weighted by atomic mass is 32.1. The molecule has 3 aromatic carbocycles. The predicted molar refractivity (Wildman–Crippen MR) is 166 cm³/mol. The molecule has 0 aliphatic carbocycles. The Kier molecular flexibility index (Phi) is 10.3. The molecule has 4 amide bonds. The number of rotatable bonds is 12. The highest BCUT2D eigenvalue weighted by Crippen LogP contribution is 2.29. The minimum atomic E-state index is -1.41. The molecule has 15 heteroatoms. The summed E-state index contributed by atoms with van der Waals surface area (Å²) in [6.07, 6.45) is -1.18. The number of amides is 4. The van der Waals surface area contributed by atoms with Crippen LogP contribution in [0.3, 0.4) is 0 Å². The molecule has 4 rings (SSSR count). The summed E-state index contributed by atoms with van der Waals surface area (Å²) in [5.41, 5.74) is 0.707. The number of nitrogens with zero attached hydrogens (tertiary/aromatic N) is 2. The lowest BCUT2D eigenvalue weighted by Gasteiger charge is -2.23. The van der Waals surface area contributed by atoms with Crippen LogP contribution in [0.25, 0.3) is 0 Å². The maximum Gasteiger partial charge on any atom is 0.408 e. The summed E-state index contributed by atoms with van der Waals surface area (Å²) in [6, 6.07) is 19.6. The number of ether oxygens (including phenoxy) is 1. The summed E-state index contributed by atoms with van der Waals surface area (Å²) in [5, 5.41) is 31.7. The number of hydrogen-bond acceptors (Lipinski definition) is 8. The number of carbonyl (C=O) groups is 4. The van der Waals surface area contributed by atoms with Gasteiger partial charge in [0.2, 0.25) is 0 Å². The van der Waals surface area contributed by atoms with Crippen molar-refractivity contribution >= 4 is 52.7 Å². The van der Waals surface area contributed by atoms with Gasteiger partial charge in [-0.3, -0.25) is 19.8 Å². The van der Waals surface area contributed by atoms with Gasteiger partial charge in [0.1, 0.15) is 23.9 Å². The van der Waals surface area contributed by atoms with Crippen LogP contribution in [-0.2, 0) is 33.0 Å². The van der Waals surface area contributed by atoms with Gasteiger partial charge in [-0.15, -0.1) is 0 Å². The van der Waals surface area contributed by atoms with Gasteiger partial charge in [0.05, 0.1) is 4.92 Å². The molecular weight excluding hydrogens is 604 g/mol. The van der Waals surface area contributed by atoms with E-state index in [0.717, 1.165) is 16.0 Å². The van der Waals surface area contributed by atoms with E-state index in [4.69, 9.17) is 17.0 Å². The maximum absolute atomic E-state index is 13.3. The van der Waals surface area contributed by atoms with Crippen molar-refractivity contribution in [3.05, 3.63) is 106 Å². The van der Waals surface area contributed by atoms with Crippen molar-refractivity contribution in [2.75, 3.05) is 11.9 Å². The molecule has 45 heavy (non-hydrogen) atoms. The molecule has 1 aliphatic rings. The van der Waals surface area contributed by atoms with Gasteiger partial charge in [0, 0.05) is 19.2 Å². The number of carbonyl (C=O) groups excluding carboxylic acids is 3. The number of alkyl carbamates (subject to hydrolysis) is 1. The van der Waals surface area contributed by atoms with Gasteiger partial charge in [0.25, 0.3) is 11.6 Å². The maximum atomic E-state index is 13.3. The topological polar surface area (TPSA) is 192 Å². The van der Waals surface area contributed by atoms with Crippen LogP contribution in [0.4, 0.5) is 21.0 Å². The Hall–Kier alpha value is -5.57. The second-order valence-electron chi connectivity index (χ2n) is 10.2. The zero-order valence-electron chi connectivity index (χ0n) is 24.0. The minimum Gasteiger partial charge on any atom is -0.480 e. The smallest absolute Gasteiger partial charge is 0.408 e. The zero-order valence-corrected chi connectivity index (χ0v) is 24.8. The number of anilines is 1. The number of aliphatic carboxylic acids is 1. The first kappa shape index (κ1) is 32.3. The molecule has 1 fully saturated rings. The van der Waals surface area contributed by atoms with Crippen molar-refractivity contribution in [1.29, 1.82) is 0 Å². The summed E-state index contributed by atoms with van der Waals surface area (Å²) < 4.78 is 5.08. The molecule has 0 saturated carbocycles. The third-order valence-corrected chi connectivity index (χ3v) is 7.30. The van der Waals surface area contributed by atoms with Gasteiger partial charge in [-0.1, -0.05) is 66.7 Å². The highest BCUT2D eigenvalue weighted by Gasteiger charge is 2.49. The molecule has 3 aromatic rings. The fraction of sp³-hybridized carbons (Fsp3) is 0.233. The average molecular weight is 635 g/mol. The summed E-state index contributed by atoms with van der Waals surface area (Å²) >= 11 is 5.26. The van der Waals surface area contributed by atoms with Gasteiger partial charge >= 0.3 is 18.1 Å². The lowest BCUT2D eigenvalue weighted by atomic mass is 9.91. The Labute approximate surface area is 262 Å². The molecule has 1 aliphatic heterocycles. The molecule has 0 spiro atoms. The van der Waals surface area contributed by atoms with Crippen LogP contribution in [0.5, 0.6) is 0 Å². The molecule has 2 unspecified atom stereocenters. The van der Waals surface area contributed by atoms with Crippen LogP contribution in [0.15, 0.2) is 78.9 Å². The number of nitro groups is 1. The van der Waals surface area contributed by atoms with E-state index in [1.165, 1.54) is 12.1 Å². The lowest BCUT2D eigenvalue weighted by molar-refractivity contribution is -0.383. The largest absolute Gasteiger partial charge is 0.480 e.